The van der Waals surface area contributed by atoms with Crippen LogP contribution < -0.4 is 10.9 Å². The fourth-order valence-corrected chi connectivity index (χ4v) is 1.93. The Hall–Kier alpha value is -0.840. The zero-order valence-electron chi connectivity index (χ0n) is 11.4. The molecule has 5 heteroatoms. The van der Waals surface area contributed by atoms with E-state index in [4.69, 9.17) is 0 Å². The van der Waals surface area contributed by atoms with Gasteiger partial charge in [-0.25, -0.2) is 4.68 Å². The van der Waals surface area contributed by atoms with E-state index in [-0.39, 0.29) is 5.56 Å². The third-order valence-electron chi connectivity index (χ3n) is 3.05. The molecule has 0 aliphatic carbocycles. The Morgan fingerprint density at radius 1 is 1.50 bits per heavy atom. The van der Waals surface area contributed by atoms with Gasteiger partial charge in [0.25, 0.3) is 5.56 Å². The van der Waals surface area contributed by atoms with Crippen LogP contribution in [0.3, 0.4) is 0 Å². The highest BCUT2D eigenvalue weighted by Crippen LogP contribution is 2.17. The molecule has 0 spiro atoms. The Bertz CT molecular complexity index is 431. The highest BCUT2D eigenvalue weighted by Gasteiger charge is 2.09. The maximum absolute atomic E-state index is 12.0. The average molecular weight is 316 g/mol. The van der Waals surface area contributed by atoms with E-state index >= 15 is 0 Å². The van der Waals surface area contributed by atoms with Gasteiger partial charge in [0, 0.05) is 13.1 Å². The third-order valence-corrected chi connectivity index (χ3v) is 3.81. The van der Waals surface area contributed by atoms with E-state index in [2.05, 4.69) is 47.1 Å². The largest absolute Gasteiger partial charge is 0.382 e. The number of hydrogen-bond acceptors (Lipinski definition) is 3. The van der Waals surface area contributed by atoms with Gasteiger partial charge in [0.2, 0.25) is 0 Å². The van der Waals surface area contributed by atoms with Gasteiger partial charge in [0.1, 0.15) is 4.47 Å². The van der Waals surface area contributed by atoms with Crippen LogP contribution in [0.5, 0.6) is 0 Å². The molecule has 0 radical (unpaired) electrons. The summed E-state index contributed by atoms with van der Waals surface area (Å²) in [7, 11) is 0. The molecule has 0 aliphatic heterocycles. The number of unbranched alkanes of at least 4 members (excludes halogenated alkanes) is 1. The normalized spacial score (nSPS) is 12.4. The minimum atomic E-state index is -0.0578. The van der Waals surface area contributed by atoms with Gasteiger partial charge in [-0.3, -0.25) is 4.79 Å². The molecule has 1 unspecified atom stereocenters. The number of hydrogen-bond donors (Lipinski definition) is 1. The summed E-state index contributed by atoms with van der Waals surface area (Å²) in [4.78, 5) is 12.0. The van der Waals surface area contributed by atoms with Crippen LogP contribution in [0.25, 0.3) is 0 Å². The lowest BCUT2D eigenvalue weighted by Crippen LogP contribution is -2.25. The molecule has 0 saturated carbocycles. The van der Waals surface area contributed by atoms with Crippen molar-refractivity contribution in [1.82, 2.24) is 9.78 Å². The van der Waals surface area contributed by atoms with Gasteiger partial charge in [-0.15, -0.1) is 0 Å². The van der Waals surface area contributed by atoms with E-state index in [9.17, 15) is 4.79 Å². The summed E-state index contributed by atoms with van der Waals surface area (Å²) in [6, 6.07) is 0. The monoisotopic (exact) mass is 315 g/mol. The Morgan fingerprint density at radius 3 is 2.83 bits per heavy atom. The lowest BCUT2D eigenvalue weighted by atomic mass is 10.1. The maximum atomic E-state index is 12.0. The van der Waals surface area contributed by atoms with Crippen molar-refractivity contribution < 1.29 is 0 Å². The number of aromatic nitrogens is 2. The van der Waals surface area contributed by atoms with Gasteiger partial charge in [-0.05, 0) is 28.3 Å². The highest BCUT2D eigenvalue weighted by atomic mass is 79.9. The smallest absolute Gasteiger partial charge is 0.283 e. The first-order valence-corrected chi connectivity index (χ1v) is 7.38. The second-order valence-corrected chi connectivity index (χ2v) is 5.44. The molecule has 0 saturated heterocycles. The fraction of sp³-hybridized carbons (Fsp3) is 0.692. The zero-order valence-corrected chi connectivity index (χ0v) is 13.0. The van der Waals surface area contributed by atoms with Crippen LogP contribution in [-0.4, -0.2) is 16.3 Å². The van der Waals surface area contributed by atoms with E-state index in [1.54, 1.807) is 6.20 Å². The first-order valence-electron chi connectivity index (χ1n) is 6.59. The summed E-state index contributed by atoms with van der Waals surface area (Å²) in [5.41, 5.74) is 0.727. The molecular formula is C13H22BrN3O. The van der Waals surface area contributed by atoms with Crippen LogP contribution >= 0.6 is 15.9 Å². The molecule has 1 aromatic heterocycles. The standard InChI is InChI=1S/C13H22BrN3O/c1-4-6-7-17-13(18)12(14)11(9-16-17)15-8-10(3)5-2/h9-10,15H,4-8H2,1-3H3. The van der Waals surface area contributed by atoms with E-state index in [1.165, 1.54) is 4.68 Å². The van der Waals surface area contributed by atoms with Gasteiger partial charge in [-0.2, -0.15) is 5.10 Å². The van der Waals surface area contributed by atoms with Crippen LogP contribution in [0.2, 0.25) is 0 Å². The first kappa shape index (κ1) is 15.2. The Morgan fingerprint density at radius 2 is 2.22 bits per heavy atom. The van der Waals surface area contributed by atoms with E-state index in [1.807, 2.05) is 0 Å². The topological polar surface area (TPSA) is 46.9 Å². The number of nitrogens with zero attached hydrogens (tertiary/aromatic N) is 2. The Kier molecular flexibility index (Phi) is 6.39. The van der Waals surface area contributed by atoms with Crippen molar-refractivity contribution in [1.29, 1.82) is 0 Å². The molecule has 1 N–H and O–H groups in total. The van der Waals surface area contributed by atoms with Crippen molar-refractivity contribution in [2.75, 3.05) is 11.9 Å². The van der Waals surface area contributed by atoms with Crippen molar-refractivity contribution in [2.45, 2.75) is 46.6 Å². The lowest BCUT2D eigenvalue weighted by molar-refractivity contribution is 0.540. The summed E-state index contributed by atoms with van der Waals surface area (Å²) in [5.74, 6) is 0.583. The minimum Gasteiger partial charge on any atom is -0.382 e. The van der Waals surface area contributed by atoms with E-state index < -0.39 is 0 Å². The van der Waals surface area contributed by atoms with Gasteiger partial charge in [0.05, 0.1) is 11.9 Å². The Balaban J connectivity index is 2.77. The predicted octanol–water partition coefficient (Wildman–Crippen LogP) is 3.26. The molecule has 0 fully saturated rings. The van der Waals surface area contributed by atoms with Crippen LogP contribution in [0, 0.1) is 5.92 Å². The van der Waals surface area contributed by atoms with E-state index in [0.29, 0.717) is 16.9 Å². The molecule has 102 valence electrons. The van der Waals surface area contributed by atoms with Crippen molar-refractivity contribution in [3.8, 4) is 0 Å². The predicted molar refractivity (Wildman–Crippen MR) is 79.0 cm³/mol. The van der Waals surface area contributed by atoms with Crippen molar-refractivity contribution >= 4 is 21.6 Å². The summed E-state index contributed by atoms with van der Waals surface area (Å²) in [6.07, 6.45) is 4.87. The van der Waals surface area contributed by atoms with E-state index in [0.717, 1.165) is 31.5 Å². The van der Waals surface area contributed by atoms with Gasteiger partial charge >= 0.3 is 0 Å². The van der Waals surface area contributed by atoms with Crippen LogP contribution in [-0.2, 0) is 6.54 Å². The zero-order chi connectivity index (χ0) is 13.5. The Labute approximate surface area is 117 Å². The third kappa shape index (κ3) is 4.12. The molecule has 0 amide bonds. The van der Waals surface area contributed by atoms with Gasteiger partial charge in [0.15, 0.2) is 0 Å². The second kappa shape index (κ2) is 7.56. The van der Waals surface area contributed by atoms with Crippen LogP contribution in [0.4, 0.5) is 5.69 Å². The molecule has 1 atom stereocenters. The summed E-state index contributed by atoms with van der Waals surface area (Å²) in [5, 5.41) is 7.46. The molecule has 0 aromatic carbocycles. The summed E-state index contributed by atoms with van der Waals surface area (Å²) < 4.78 is 2.10. The molecule has 1 aromatic rings. The number of nitrogens with one attached hydrogen (secondary N) is 1. The summed E-state index contributed by atoms with van der Waals surface area (Å²) in [6.45, 7) is 7.97. The molecule has 4 nitrogen and oxygen atoms in total. The number of rotatable bonds is 7. The quantitative estimate of drug-likeness (QED) is 0.840. The maximum Gasteiger partial charge on any atom is 0.283 e. The highest BCUT2D eigenvalue weighted by molar-refractivity contribution is 9.10. The first-order chi connectivity index (χ1) is 8.60. The SMILES string of the molecule is CCCCn1ncc(NCC(C)CC)c(Br)c1=O. The van der Waals surface area contributed by atoms with Gasteiger partial charge < -0.3 is 5.32 Å². The second-order valence-electron chi connectivity index (χ2n) is 4.65. The van der Waals surface area contributed by atoms with Crippen molar-refractivity contribution in [2.24, 2.45) is 5.92 Å². The molecule has 18 heavy (non-hydrogen) atoms. The molecular weight excluding hydrogens is 294 g/mol. The molecule has 0 aliphatic rings. The average Bonchev–Trinajstić information content (AvgIpc) is 2.39. The molecule has 1 rings (SSSR count). The number of anilines is 1. The van der Waals surface area contributed by atoms with Crippen molar-refractivity contribution in [3.63, 3.8) is 0 Å². The fourth-order valence-electron chi connectivity index (χ4n) is 1.48. The summed E-state index contributed by atoms with van der Waals surface area (Å²) >= 11 is 3.36. The molecule has 0 bridgehead atoms. The minimum absolute atomic E-state index is 0.0578. The van der Waals surface area contributed by atoms with Crippen molar-refractivity contribution in [3.05, 3.63) is 21.0 Å². The number of halogens is 1. The number of aryl methyl sites for hydroxylation is 1. The lowest BCUT2D eigenvalue weighted by Gasteiger charge is -2.13. The van der Waals surface area contributed by atoms with Crippen LogP contribution in [0.1, 0.15) is 40.0 Å². The van der Waals surface area contributed by atoms with Gasteiger partial charge in [-0.1, -0.05) is 33.6 Å². The van der Waals surface area contributed by atoms with Crippen LogP contribution in [0.15, 0.2) is 15.5 Å². The molecule has 1 heterocycles.